The van der Waals surface area contributed by atoms with Crippen LogP contribution in [0.2, 0.25) is 9.36 Å². The van der Waals surface area contributed by atoms with E-state index in [4.69, 9.17) is 23.2 Å². The van der Waals surface area contributed by atoms with Gasteiger partial charge in [-0.25, -0.2) is 0 Å². The maximum absolute atomic E-state index is 12.7. The summed E-state index contributed by atoms with van der Waals surface area (Å²) in [5.74, 6) is -0.805. The minimum atomic E-state index is -4.04. The van der Waals surface area contributed by atoms with E-state index in [2.05, 4.69) is 16.3 Å². The van der Waals surface area contributed by atoms with Gasteiger partial charge >= 0.3 is 0 Å². The molecule has 1 fully saturated rings. The van der Waals surface area contributed by atoms with E-state index in [9.17, 15) is 18.0 Å². The van der Waals surface area contributed by atoms with E-state index < -0.39 is 27.1 Å². The smallest absolute Gasteiger partial charge is 0.294 e. The summed E-state index contributed by atoms with van der Waals surface area (Å²) >= 11 is 13.4. The van der Waals surface area contributed by atoms with Gasteiger partial charge in [-0.05, 0) is 36.4 Å². The van der Waals surface area contributed by atoms with Crippen LogP contribution >= 0.6 is 46.3 Å². The number of nitrogens with zero attached hydrogens (tertiary/aromatic N) is 2. The van der Waals surface area contributed by atoms with Crippen LogP contribution in [0.25, 0.3) is 0 Å². The van der Waals surface area contributed by atoms with Crippen molar-refractivity contribution in [3.63, 3.8) is 0 Å². The molecule has 12 heteroatoms. The second kappa shape index (κ2) is 9.52. The Bertz CT molecular complexity index is 1110. The fraction of sp³-hybridized carbons (Fsp3) is 0.167. The van der Waals surface area contributed by atoms with Crippen molar-refractivity contribution in [1.82, 2.24) is 4.90 Å². The third-order valence-electron chi connectivity index (χ3n) is 3.83. The molecular formula is C18H15Cl2N3O4S3. The molecule has 0 spiro atoms. The number of amidine groups is 1. The molecule has 0 aliphatic carbocycles. The first kappa shape index (κ1) is 22.8. The van der Waals surface area contributed by atoms with E-state index in [0.717, 1.165) is 23.1 Å². The zero-order valence-corrected chi connectivity index (χ0v) is 19.2. The van der Waals surface area contributed by atoms with E-state index in [1.807, 2.05) is 0 Å². The maximum Gasteiger partial charge on any atom is 0.294 e. The van der Waals surface area contributed by atoms with Gasteiger partial charge in [-0.15, -0.1) is 22.3 Å². The van der Waals surface area contributed by atoms with Crippen LogP contribution in [0.4, 0.5) is 5.69 Å². The number of benzene rings is 1. The number of carbonyl (C=O) groups is 2. The zero-order chi connectivity index (χ0) is 21.9. The van der Waals surface area contributed by atoms with Crippen LogP contribution < -0.4 is 5.32 Å². The van der Waals surface area contributed by atoms with E-state index in [-0.39, 0.29) is 22.3 Å². The number of halogens is 2. The average Bonchev–Trinajstić information content (AvgIpc) is 3.23. The quantitative estimate of drug-likeness (QED) is 0.569. The fourth-order valence-electron chi connectivity index (χ4n) is 2.50. The van der Waals surface area contributed by atoms with Crippen LogP contribution in [-0.2, 0) is 19.6 Å². The van der Waals surface area contributed by atoms with Crippen LogP contribution in [0.3, 0.4) is 0 Å². The molecule has 0 bridgehead atoms. The first-order valence-corrected chi connectivity index (χ1v) is 12.3. The number of sulfonamides is 1. The van der Waals surface area contributed by atoms with Crippen LogP contribution in [0, 0.1) is 0 Å². The Kier molecular flexibility index (Phi) is 7.25. The van der Waals surface area contributed by atoms with Crippen molar-refractivity contribution in [2.45, 2.75) is 15.9 Å². The second-order valence-corrected chi connectivity index (χ2v) is 11.2. The lowest BCUT2D eigenvalue weighted by atomic mass is 10.2. The predicted molar refractivity (Wildman–Crippen MR) is 122 cm³/mol. The average molecular weight is 504 g/mol. The van der Waals surface area contributed by atoms with Gasteiger partial charge in [0.2, 0.25) is 11.8 Å². The highest BCUT2D eigenvalue weighted by Crippen LogP contribution is 2.33. The monoisotopic (exact) mass is 503 g/mol. The molecule has 2 amide bonds. The molecule has 2 heterocycles. The van der Waals surface area contributed by atoms with Crippen LogP contribution in [0.15, 0.2) is 57.7 Å². The summed E-state index contributed by atoms with van der Waals surface area (Å²) in [5, 5.41) is 2.40. The number of nitrogens with one attached hydrogen (secondary N) is 1. The molecule has 7 nitrogen and oxygen atoms in total. The van der Waals surface area contributed by atoms with Crippen LogP contribution in [-0.4, -0.2) is 42.1 Å². The Hall–Kier alpha value is -1.85. The highest BCUT2D eigenvalue weighted by Gasteiger charge is 2.39. The van der Waals surface area contributed by atoms with Crippen molar-refractivity contribution in [3.05, 3.63) is 58.4 Å². The van der Waals surface area contributed by atoms with Crippen molar-refractivity contribution in [2.75, 3.05) is 11.9 Å². The summed E-state index contributed by atoms with van der Waals surface area (Å²) in [5.41, 5.74) is 0.536. The van der Waals surface area contributed by atoms with Gasteiger partial charge in [0, 0.05) is 23.7 Å². The van der Waals surface area contributed by atoms with Crippen molar-refractivity contribution < 1.29 is 18.0 Å². The topological polar surface area (TPSA) is 95.9 Å². The molecule has 1 atom stereocenters. The summed E-state index contributed by atoms with van der Waals surface area (Å²) in [6.45, 7) is 3.66. The van der Waals surface area contributed by atoms with Gasteiger partial charge in [0.1, 0.15) is 9.46 Å². The van der Waals surface area contributed by atoms with Crippen LogP contribution in [0.1, 0.15) is 6.42 Å². The van der Waals surface area contributed by atoms with E-state index in [0.29, 0.717) is 15.0 Å². The number of hydrogen-bond acceptors (Lipinski definition) is 6. The van der Waals surface area contributed by atoms with Gasteiger partial charge in [0.25, 0.3) is 10.0 Å². The van der Waals surface area contributed by atoms with Gasteiger partial charge in [-0.2, -0.15) is 8.42 Å². The lowest BCUT2D eigenvalue weighted by Gasteiger charge is -2.13. The summed E-state index contributed by atoms with van der Waals surface area (Å²) in [7, 11) is -4.04. The minimum absolute atomic E-state index is 0.00582. The molecular weight excluding hydrogens is 489 g/mol. The zero-order valence-electron chi connectivity index (χ0n) is 15.2. The molecule has 0 saturated carbocycles. The number of rotatable bonds is 7. The molecule has 30 heavy (non-hydrogen) atoms. The molecule has 1 aromatic heterocycles. The van der Waals surface area contributed by atoms with E-state index in [1.165, 1.54) is 23.1 Å². The standard InChI is InChI=1S/C18H15Cl2N3O4S3/c1-2-9-23-17(25)13(10-15(24)21-12-5-3-11(19)4-6-12)28-18(23)22-30(26,27)16-8-7-14(20)29-16/h2-8,13H,1,9-10H2,(H,21,24). The molecule has 1 aliphatic rings. The van der Waals surface area contributed by atoms with E-state index in [1.54, 1.807) is 24.3 Å². The van der Waals surface area contributed by atoms with Crippen molar-refractivity contribution in [2.24, 2.45) is 4.40 Å². The summed E-state index contributed by atoms with van der Waals surface area (Å²) in [6, 6.07) is 9.34. The van der Waals surface area contributed by atoms with Crippen molar-refractivity contribution >= 4 is 79.0 Å². The number of thiophene rings is 1. The molecule has 1 unspecified atom stereocenters. The fourth-order valence-corrected chi connectivity index (χ4v) is 6.46. The molecule has 3 rings (SSSR count). The van der Waals surface area contributed by atoms with Gasteiger partial charge < -0.3 is 5.32 Å². The molecule has 1 aromatic carbocycles. The Morgan fingerprint density at radius 2 is 1.93 bits per heavy atom. The highest BCUT2D eigenvalue weighted by atomic mass is 35.5. The molecule has 1 N–H and O–H groups in total. The largest absolute Gasteiger partial charge is 0.326 e. The molecule has 2 aromatic rings. The lowest BCUT2D eigenvalue weighted by Crippen LogP contribution is -2.33. The molecule has 158 valence electrons. The third kappa shape index (κ3) is 5.44. The Labute approximate surface area is 191 Å². The number of amides is 2. The summed E-state index contributed by atoms with van der Waals surface area (Å²) in [4.78, 5) is 26.3. The molecule has 1 aliphatic heterocycles. The summed E-state index contributed by atoms with van der Waals surface area (Å²) in [6.07, 6.45) is 1.31. The maximum atomic E-state index is 12.7. The highest BCUT2D eigenvalue weighted by molar-refractivity contribution is 8.16. The Morgan fingerprint density at radius 1 is 1.23 bits per heavy atom. The number of thioether (sulfide) groups is 1. The van der Waals surface area contributed by atoms with Crippen LogP contribution in [0.5, 0.6) is 0 Å². The Morgan fingerprint density at radius 3 is 2.53 bits per heavy atom. The number of anilines is 1. The summed E-state index contributed by atoms with van der Waals surface area (Å²) < 4.78 is 29.2. The SMILES string of the molecule is C=CCN1C(=O)C(CC(=O)Nc2ccc(Cl)cc2)SC1=NS(=O)(=O)c1ccc(Cl)s1. The second-order valence-electron chi connectivity index (χ2n) is 6.01. The van der Waals surface area contributed by atoms with E-state index >= 15 is 0 Å². The van der Waals surface area contributed by atoms with Gasteiger partial charge in [-0.3, -0.25) is 14.5 Å². The van der Waals surface area contributed by atoms with Gasteiger partial charge in [-0.1, -0.05) is 41.0 Å². The normalized spacial score (nSPS) is 18.1. The minimum Gasteiger partial charge on any atom is -0.326 e. The predicted octanol–water partition coefficient (Wildman–Crippen LogP) is 4.26. The first-order chi connectivity index (χ1) is 14.2. The lowest BCUT2D eigenvalue weighted by molar-refractivity contribution is -0.127. The van der Waals surface area contributed by atoms with Crippen molar-refractivity contribution in [3.8, 4) is 0 Å². The van der Waals surface area contributed by atoms with Gasteiger partial charge in [0.05, 0.1) is 4.34 Å². The van der Waals surface area contributed by atoms with Gasteiger partial charge in [0.15, 0.2) is 5.17 Å². The number of hydrogen-bond donors (Lipinski definition) is 1. The molecule has 0 radical (unpaired) electrons. The van der Waals surface area contributed by atoms with Crippen molar-refractivity contribution in [1.29, 1.82) is 0 Å². The molecule has 1 saturated heterocycles. The Balaban J connectivity index is 1.77. The third-order valence-corrected chi connectivity index (χ3v) is 8.34. The first-order valence-electron chi connectivity index (χ1n) is 8.44. The number of carbonyl (C=O) groups excluding carboxylic acids is 2.